The first kappa shape index (κ1) is 15.5. The third-order valence-corrected chi connectivity index (χ3v) is 3.39. The maximum Gasteiger partial charge on any atom is 0.310 e. The van der Waals surface area contributed by atoms with Crippen molar-refractivity contribution < 1.29 is 14.3 Å². The second-order valence-electron chi connectivity index (χ2n) is 4.28. The number of carbonyl (C=O) groups is 2. The SMILES string of the molecule is CCC(=O)Oc1cccc(Cl)c1C(=O)c1ccc(Cl)cc1. The summed E-state index contributed by atoms with van der Waals surface area (Å²) < 4.78 is 5.17. The molecule has 0 aliphatic rings. The van der Waals surface area contributed by atoms with E-state index in [0.717, 1.165) is 0 Å². The fourth-order valence-corrected chi connectivity index (χ4v) is 2.13. The number of ketones is 1. The maximum atomic E-state index is 12.6. The Hall–Kier alpha value is -1.84. The molecule has 5 heteroatoms. The van der Waals surface area contributed by atoms with Crippen LogP contribution in [0.2, 0.25) is 10.0 Å². The molecular formula is C16H12Cl2O3. The lowest BCUT2D eigenvalue weighted by Crippen LogP contribution is -2.11. The molecule has 0 aliphatic heterocycles. The molecule has 0 amide bonds. The molecule has 0 bridgehead atoms. The van der Waals surface area contributed by atoms with E-state index in [1.165, 1.54) is 0 Å². The molecule has 2 aromatic rings. The summed E-state index contributed by atoms with van der Waals surface area (Å²) in [6, 6.07) is 11.2. The van der Waals surface area contributed by atoms with Crippen LogP contribution in [0.4, 0.5) is 0 Å². The molecule has 3 nitrogen and oxygen atoms in total. The summed E-state index contributed by atoms with van der Waals surface area (Å²) in [4.78, 5) is 24.0. The highest BCUT2D eigenvalue weighted by Gasteiger charge is 2.19. The zero-order valence-electron chi connectivity index (χ0n) is 11.2. The van der Waals surface area contributed by atoms with Gasteiger partial charge in [-0.25, -0.2) is 0 Å². The van der Waals surface area contributed by atoms with Gasteiger partial charge in [0.15, 0.2) is 5.78 Å². The van der Waals surface area contributed by atoms with Crippen molar-refractivity contribution in [1.82, 2.24) is 0 Å². The molecule has 0 radical (unpaired) electrons. The van der Waals surface area contributed by atoms with E-state index in [0.29, 0.717) is 10.6 Å². The van der Waals surface area contributed by atoms with Crippen molar-refractivity contribution in [2.75, 3.05) is 0 Å². The molecule has 0 atom stereocenters. The molecule has 2 rings (SSSR count). The average Bonchev–Trinajstić information content (AvgIpc) is 2.47. The monoisotopic (exact) mass is 322 g/mol. The Balaban J connectivity index is 2.44. The van der Waals surface area contributed by atoms with Gasteiger partial charge in [0.2, 0.25) is 0 Å². The van der Waals surface area contributed by atoms with Crippen LogP contribution in [-0.4, -0.2) is 11.8 Å². The second-order valence-corrected chi connectivity index (χ2v) is 5.12. The third-order valence-electron chi connectivity index (χ3n) is 2.82. The predicted molar refractivity (Wildman–Crippen MR) is 82.3 cm³/mol. The lowest BCUT2D eigenvalue weighted by atomic mass is 10.0. The summed E-state index contributed by atoms with van der Waals surface area (Å²) in [6.45, 7) is 1.67. The Kier molecular flexibility index (Phi) is 4.99. The molecule has 0 heterocycles. The Morgan fingerprint density at radius 1 is 1.05 bits per heavy atom. The van der Waals surface area contributed by atoms with Gasteiger partial charge in [-0.3, -0.25) is 9.59 Å². The molecule has 0 aliphatic carbocycles. The van der Waals surface area contributed by atoms with Crippen LogP contribution in [0.3, 0.4) is 0 Å². The Bertz CT molecular complexity index is 678. The van der Waals surface area contributed by atoms with E-state index in [-0.39, 0.29) is 28.5 Å². The molecular weight excluding hydrogens is 311 g/mol. The van der Waals surface area contributed by atoms with Crippen LogP contribution in [0.25, 0.3) is 0 Å². The first-order valence-corrected chi connectivity index (χ1v) is 7.08. The zero-order valence-corrected chi connectivity index (χ0v) is 12.7. The predicted octanol–water partition coefficient (Wildman–Crippen LogP) is 4.54. The summed E-state index contributed by atoms with van der Waals surface area (Å²) in [5.41, 5.74) is 0.588. The van der Waals surface area contributed by atoms with Gasteiger partial charge in [0, 0.05) is 17.0 Å². The molecule has 0 N–H and O–H groups in total. The summed E-state index contributed by atoms with van der Waals surface area (Å²) in [5.74, 6) is -0.590. The van der Waals surface area contributed by atoms with E-state index in [2.05, 4.69) is 0 Å². The van der Waals surface area contributed by atoms with Crippen LogP contribution in [0.15, 0.2) is 42.5 Å². The van der Waals surface area contributed by atoms with Gasteiger partial charge in [-0.05, 0) is 36.4 Å². The molecule has 21 heavy (non-hydrogen) atoms. The van der Waals surface area contributed by atoms with Crippen LogP contribution in [-0.2, 0) is 4.79 Å². The third kappa shape index (κ3) is 3.63. The summed E-state index contributed by atoms with van der Waals surface area (Å²) in [6.07, 6.45) is 0.209. The molecule has 0 unspecified atom stereocenters. The van der Waals surface area contributed by atoms with Gasteiger partial charge in [-0.1, -0.05) is 36.2 Å². The van der Waals surface area contributed by atoms with Gasteiger partial charge < -0.3 is 4.74 Å². The van der Waals surface area contributed by atoms with E-state index in [1.54, 1.807) is 49.4 Å². The highest BCUT2D eigenvalue weighted by molar-refractivity contribution is 6.35. The fourth-order valence-electron chi connectivity index (χ4n) is 1.75. The van der Waals surface area contributed by atoms with E-state index in [4.69, 9.17) is 27.9 Å². The molecule has 0 saturated carbocycles. The highest BCUT2D eigenvalue weighted by atomic mass is 35.5. The van der Waals surface area contributed by atoms with Crippen LogP contribution >= 0.6 is 23.2 Å². The smallest absolute Gasteiger partial charge is 0.310 e. The van der Waals surface area contributed by atoms with Crippen molar-refractivity contribution in [3.8, 4) is 5.75 Å². The first-order valence-electron chi connectivity index (χ1n) is 6.32. The van der Waals surface area contributed by atoms with Crippen LogP contribution in [0.5, 0.6) is 5.75 Å². The Morgan fingerprint density at radius 2 is 1.71 bits per heavy atom. The standard InChI is InChI=1S/C16H12Cl2O3/c1-2-14(19)21-13-5-3-4-12(18)15(13)16(20)10-6-8-11(17)9-7-10/h3-9H,2H2,1H3. The molecule has 108 valence electrons. The minimum Gasteiger partial charge on any atom is -0.426 e. The molecule has 0 fully saturated rings. The lowest BCUT2D eigenvalue weighted by molar-refractivity contribution is -0.134. The van der Waals surface area contributed by atoms with Crippen molar-refractivity contribution in [3.05, 3.63) is 63.6 Å². The van der Waals surface area contributed by atoms with Gasteiger partial charge in [-0.15, -0.1) is 0 Å². The number of ether oxygens (including phenoxy) is 1. The number of hydrogen-bond acceptors (Lipinski definition) is 3. The van der Waals surface area contributed by atoms with Gasteiger partial charge in [-0.2, -0.15) is 0 Å². The van der Waals surface area contributed by atoms with Gasteiger partial charge in [0.1, 0.15) is 5.75 Å². The normalized spacial score (nSPS) is 10.2. The van der Waals surface area contributed by atoms with Crippen LogP contribution in [0, 0.1) is 0 Å². The number of rotatable bonds is 4. The number of halogens is 2. The molecule has 0 saturated heterocycles. The van der Waals surface area contributed by atoms with E-state index in [1.807, 2.05) is 0 Å². The topological polar surface area (TPSA) is 43.4 Å². The summed E-state index contributed by atoms with van der Waals surface area (Å²) in [7, 11) is 0. The maximum absolute atomic E-state index is 12.6. The Morgan fingerprint density at radius 3 is 2.33 bits per heavy atom. The molecule has 0 spiro atoms. The van der Waals surface area contributed by atoms with Crippen molar-refractivity contribution in [3.63, 3.8) is 0 Å². The van der Waals surface area contributed by atoms with Crippen LogP contribution < -0.4 is 4.74 Å². The Labute approximate surface area is 132 Å². The number of benzene rings is 2. The van der Waals surface area contributed by atoms with Crippen molar-refractivity contribution in [2.24, 2.45) is 0 Å². The first-order chi connectivity index (χ1) is 10.0. The second kappa shape index (κ2) is 6.74. The number of esters is 1. The van der Waals surface area contributed by atoms with Gasteiger partial charge in [0.05, 0.1) is 10.6 Å². The van der Waals surface area contributed by atoms with Crippen molar-refractivity contribution >= 4 is 35.0 Å². The van der Waals surface area contributed by atoms with Gasteiger partial charge >= 0.3 is 5.97 Å². The largest absolute Gasteiger partial charge is 0.426 e. The number of hydrogen-bond donors (Lipinski definition) is 0. The lowest BCUT2D eigenvalue weighted by Gasteiger charge is -2.10. The number of carbonyl (C=O) groups excluding carboxylic acids is 2. The molecule has 2 aromatic carbocycles. The van der Waals surface area contributed by atoms with E-state index < -0.39 is 5.97 Å². The van der Waals surface area contributed by atoms with E-state index in [9.17, 15) is 9.59 Å². The minimum absolute atomic E-state index is 0.161. The molecule has 0 aromatic heterocycles. The van der Waals surface area contributed by atoms with Crippen molar-refractivity contribution in [1.29, 1.82) is 0 Å². The minimum atomic E-state index is -0.428. The van der Waals surface area contributed by atoms with Crippen LogP contribution in [0.1, 0.15) is 29.3 Å². The van der Waals surface area contributed by atoms with E-state index >= 15 is 0 Å². The van der Waals surface area contributed by atoms with Crippen molar-refractivity contribution in [2.45, 2.75) is 13.3 Å². The highest BCUT2D eigenvalue weighted by Crippen LogP contribution is 2.29. The zero-order chi connectivity index (χ0) is 15.4. The fraction of sp³-hybridized carbons (Fsp3) is 0.125. The quantitative estimate of drug-likeness (QED) is 0.471. The average molecular weight is 323 g/mol. The van der Waals surface area contributed by atoms with Gasteiger partial charge in [0.25, 0.3) is 0 Å². The summed E-state index contributed by atoms with van der Waals surface area (Å²) >= 11 is 11.9. The summed E-state index contributed by atoms with van der Waals surface area (Å²) in [5, 5.41) is 0.764.